The number of hydrogen-bond acceptors (Lipinski definition) is 4. The summed E-state index contributed by atoms with van der Waals surface area (Å²) in [5.74, 6) is 0.199. The van der Waals surface area contributed by atoms with Crippen LogP contribution in [-0.4, -0.2) is 51.6 Å². The molecule has 0 radical (unpaired) electrons. The van der Waals surface area contributed by atoms with Crippen molar-refractivity contribution < 1.29 is 28.6 Å². The molecule has 8 heteroatoms. The average Bonchev–Trinajstić information content (AvgIpc) is 3.22. The van der Waals surface area contributed by atoms with Crippen LogP contribution in [0.4, 0.5) is 8.78 Å². The van der Waals surface area contributed by atoms with Crippen LogP contribution >= 0.6 is 11.3 Å². The van der Waals surface area contributed by atoms with Gasteiger partial charge in [-0.3, -0.25) is 4.79 Å². The molecule has 0 saturated carbocycles. The Labute approximate surface area is 173 Å². The molecule has 1 fully saturated rings. The predicted octanol–water partition coefficient (Wildman–Crippen LogP) is 3.73. The second kappa shape index (κ2) is 10.5. The van der Waals surface area contributed by atoms with E-state index in [-0.39, 0.29) is 11.4 Å². The first-order valence-corrected chi connectivity index (χ1v) is 10.4. The second-order valence-electron chi connectivity index (χ2n) is 6.85. The molecule has 5 nitrogen and oxygen atoms in total. The number of amides is 1. The van der Waals surface area contributed by atoms with E-state index in [9.17, 15) is 23.5 Å². The van der Waals surface area contributed by atoms with Crippen molar-refractivity contribution >= 4 is 23.2 Å². The minimum atomic E-state index is -3.41. The molecule has 158 valence electrons. The van der Waals surface area contributed by atoms with Gasteiger partial charge in [-0.2, -0.15) is 8.78 Å². The Kier molecular flexibility index (Phi) is 8.35. The van der Waals surface area contributed by atoms with Gasteiger partial charge in [0.2, 0.25) is 0 Å². The van der Waals surface area contributed by atoms with Crippen molar-refractivity contribution in [2.75, 3.05) is 6.54 Å². The number of likely N-dealkylation sites (tertiary alicyclic amines) is 1. The van der Waals surface area contributed by atoms with E-state index < -0.39 is 36.4 Å². The van der Waals surface area contributed by atoms with E-state index in [2.05, 4.69) is 11.8 Å². The Hall–Kier alpha value is -2.24. The molecule has 1 aromatic heterocycles. The monoisotopic (exact) mass is 425 g/mol. The van der Waals surface area contributed by atoms with Crippen LogP contribution in [0.1, 0.15) is 53.6 Å². The fraction of sp³-hybridized carbons (Fsp3) is 0.524. The van der Waals surface area contributed by atoms with Crippen LogP contribution in [0.25, 0.3) is 0 Å². The Bertz CT molecular complexity index is 809. The number of carboxylic acid groups (broad SMARTS) is 1. The summed E-state index contributed by atoms with van der Waals surface area (Å²) in [5, 5.41) is 18.9. The smallest absolute Gasteiger partial charge is 0.345 e. The topological polar surface area (TPSA) is 77.8 Å². The fourth-order valence-electron chi connectivity index (χ4n) is 3.10. The van der Waals surface area contributed by atoms with E-state index in [0.717, 1.165) is 27.5 Å². The molecule has 29 heavy (non-hydrogen) atoms. The lowest BCUT2D eigenvalue weighted by atomic mass is 10.1. The van der Waals surface area contributed by atoms with Gasteiger partial charge in [-0.05, 0) is 31.4 Å². The predicted molar refractivity (Wildman–Crippen MR) is 107 cm³/mol. The molecule has 1 unspecified atom stereocenters. The highest BCUT2D eigenvalue weighted by Crippen LogP contribution is 2.34. The standard InChI is InChI=1S/C21H25F2NO4S/c1-2-3-4-5-7-16(25)10-9-15-14-21(22,23)20(28)24(15)13-6-8-17-11-12-18(29-17)19(26)27/h9-12,15-16,25H,2,5-8,13-14H2,1H3,(H,26,27)/b10-9+/t15?,16-/m0/s1. The largest absolute Gasteiger partial charge is 0.477 e. The summed E-state index contributed by atoms with van der Waals surface area (Å²) >= 11 is 1.14. The normalized spacial score (nSPS) is 19.4. The molecule has 1 aliphatic rings. The SMILES string of the molecule is CCC#CCC[C@H](O)/C=C/C1CC(F)(F)C(=O)N1CCCc1ccc(C(=O)O)s1. The summed E-state index contributed by atoms with van der Waals surface area (Å²) < 4.78 is 27.8. The molecule has 1 aromatic rings. The average molecular weight is 425 g/mol. The van der Waals surface area contributed by atoms with Gasteiger partial charge in [0, 0.05) is 30.7 Å². The first-order chi connectivity index (χ1) is 13.7. The van der Waals surface area contributed by atoms with Gasteiger partial charge in [-0.25, -0.2) is 4.79 Å². The molecule has 1 amide bonds. The summed E-state index contributed by atoms with van der Waals surface area (Å²) in [5.41, 5.74) is 0. The molecule has 0 spiro atoms. The third-order valence-electron chi connectivity index (χ3n) is 4.56. The van der Waals surface area contributed by atoms with Crippen LogP contribution < -0.4 is 0 Å². The zero-order chi connectivity index (χ0) is 21.4. The van der Waals surface area contributed by atoms with Gasteiger partial charge in [0.25, 0.3) is 5.91 Å². The first kappa shape index (κ1) is 23.0. The van der Waals surface area contributed by atoms with Crippen molar-refractivity contribution in [3.63, 3.8) is 0 Å². The number of aliphatic hydroxyl groups is 1. The summed E-state index contributed by atoms with van der Waals surface area (Å²) in [6.45, 7) is 2.07. The zero-order valence-electron chi connectivity index (χ0n) is 16.2. The van der Waals surface area contributed by atoms with Crippen LogP contribution in [0.3, 0.4) is 0 Å². The molecule has 2 heterocycles. The highest BCUT2D eigenvalue weighted by Gasteiger charge is 2.52. The maximum absolute atomic E-state index is 13.9. The highest BCUT2D eigenvalue weighted by atomic mass is 32.1. The molecule has 0 bridgehead atoms. The van der Waals surface area contributed by atoms with Crippen molar-refractivity contribution in [1.29, 1.82) is 0 Å². The molecule has 1 saturated heterocycles. The van der Waals surface area contributed by atoms with Gasteiger partial charge in [-0.1, -0.05) is 19.1 Å². The number of halogens is 2. The quantitative estimate of drug-likeness (QED) is 0.467. The number of carboxylic acids is 1. The van der Waals surface area contributed by atoms with E-state index >= 15 is 0 Å². The van der Waals surface area contributed by atoms with Crippen molar-refractivity contribution in [1.82, 2.24) is 4.90 Å². The molecule has 2 N–H and O–H groups in total. The third kappa shape index (κ3) is 6.65. The second-order valence-corrected chi connectivity index (χ2v) is 8.02. The molecule has 1 aliphatic heterocycles. The van der Waals surface area contributed by atoms with Crippen molar-refractivity contribution in [2.45, 2.75) is 63.5 Å². The molecular formula is C21H25F2NO4S. The number of carbonyl (C=O) groups excluding carboxylic acids is 1. The number of aromatic carboxylic acids is 1. The summed E-state index contributed by atoms with van der Waals surface area (Å²) in [4.78, 5) is 25.2. The van der Waals surface area contributed by atoms with E-state index in [1.54, 1.807) is 6.07 Å². The van der Waals surface area contributed by atoms with E-state index in [0.29, 0.717) is 25.7 Å². The number of thiophene rings is 1. The number of carbonyl (C=O) groups is 2. The lowest BCUT2D eigenvalue weighted by Gasteiger charge is -2.21. The zero-order valence-corrected chi connectivity index (χ0v) is 17.1. The summed E-state index contributed by atoms with van der Waals surface area (Å²) in [7, 11) is 0. The van der Waals surface area contributed by atoms with Gasteiger partial charge in [0.15, 0.2) is 0 Å². The minimum Gasteiger partial charge on any atom is -0.477 e. The van der Waals surface area contributed by atoms with Gasteiger partial charge in [0.05, 0.1) is 12.1 Å². The van der Waals surface area contributed by atoms with E-state index in [4.69, 9.17) is 5.11 Å². The lowest BCUT2D eigenvalue weighted by Crippen LogP contribution is -2.36. The number of alkyl halides is 2. The molecule has 2 atom stereocenters. The van der Waals surface area contributed by atoms with Gasteiger partial charge in [-0.15, -0.1) is 23.2 Å². The van der Waals surface area contributed by atoms with Crippen molar-refractivity contribution in [3.8, 4) is 11.8 Å². The van der Waals surface area contributed by atoms with Crippen molar-refractivity contribution in [3.05, 3.63) is 34.0 Å². The summed E-state index contributed by atoms with van der Waals surface area (Å²) in [6, 6.07) is 2.44. The van der Waals surface area contributed by atoms with E-state index in [1.807, 2.05) is 6.92 Å². The number of aryl methyl sites for hydroxylation is 1. The first-order valence-electron chi connectivity index (χ1n) is 9.57. The summed E-state index contributed by atoms with van der Waals surface area (Å²) in [6.07, 6.45) is 4.14. The van der Waals surface area contributed by atoms with Crippen LogP contribution in [0.5, 0.6) is 0 Å². The Morgan fingerprint density at radius 1 is 1.45 bits per heavy atom. The molecular weight excluding hydrogens is 400 g/mol. The molecule has 0 aromatic carbocycles. The van der Waals surface area contributed by atoms with Crippen LogP contribution in [0.15, 0.2) is 24.3 Å². The van der Waals surface area contributed by atoms with E-state index in [1.165, 1.54) is 18.2 Å². The molecule has 2 rings (SSSR count). The highest BCUT2D eigenvalue weighted by molar-refractivity contribution is 7.13. The third-order valence-corrected chi connectivity index (χ3v) is 5.69. The van der Waals surface area contributed by atoms with Gasteiger partial charge >= 0.3 is 11.9 Å². The lowest BCUT2D eigenvalue weighted by molar-refractivity contribution is -0.148. The Morgan fingerprint density at radius 2 is 2.21 bits per heavy atom. The molecule has 0 aliphatic carbocycles. The Balaban J connectivity index is 1.92. The Morgan fingerprint density at radius 3 is 2.86 bits per heavy atom. The fourth-order valence-corrected chi connectivity index (χ4v) is 3.99. The van der Waals surface area contributed by atoms with Crippen LogP contribution in [0.2, 0.25) is 0 Å². The number of hydrogen-bond donors (Lipinski definition) is 2. The van der Waals surface area contributed by atoms with Crippen LogP contribution in [-0.2, 0) is 11.2 Å². The maximum atomic E-state index is 13.9. The van der Waals surface area contributed by atoms with Crippen LogP contribution in [0, 0.1) is 11.8 Å². The maximum Gasteiger partial charge on any atom is 0.345 e. The number of rotatable bonds is 9. The van der Waals surface area contributed by atoms with Gasteiger partial charge < -0.3 is 15.1 Å². The minimum absolute atomic E-state index is 0.141. The van der Waals surface area contributed by atoms with Gasteiger partial charge in [0.1, 0.15) is 4.88 Å². The number of nitrogens with zero attached hydrogens (tertiary/aromatic N) is 1. The van der Waals surface area contributed by atoms with Crippen molar-refractivity contribution in [2.24, 2.45) is 0 Å². The number of aliphatic hydroxyl groups excluding tert-OH is 1.